The average molecular weight is 486 g/mol. The van der Waals surface area contributed by atoms with Crippen LogP contribution in [0.25, 0.3) is 0 Å². The number of esters is 1. The van der Waals surface area contributed by atoms with Crippen LogP contribution in [0.15, 0.2) is 30.3 Å². The number of carbonyl (C=O) groups is 2. The highest BCUT2D eigenvalue weighted by Gasteiger charge is 2.57. The second-order valence-corrected chi connectivity index (χ2v) is 10.3. The summed E-state index contributed by atoms with van der Waals surface area (Å²) in [6.45, 7) is 4.70. The Bertz CT molecular complexity index is 656. The van der Waals surface area contributed by atoms with E-state index in [-0.39, 0.29) is 28.0 Å². The van der Waals surface area contributed by atoms with E-state index in [1.807, 2.05) is 18.2 Å². The summed E-state index contributed by atoms with van der Waals surface area (Å²) in [5.74, 6) is 0.877. The summed E-state index contributed by atoms with van der Waals surface area (Å²) >= 11 is 7.83. The number of fused-ring (bicyclic) bond motifs is 1. The van der Waals surface area contributed by atoms with Gasteiger partial charge in [0.15, 0.2) is 0 Å². The van der Waals surface area contributed by atoms with Gasteiger partial charge >= 0.3 is 5.97 Å². The fourth-order valence-corrected chi connectivity index (χ4v) is 6.72. The third kappa shape index (κ3) is 3.66. The molecule has 26 heavy (non-hydrogen) atoms. The minimum atomic E-state index is -0.292. The number of ketones is 1. The van der Waals surface area contributed by atoms with Gasteiger partial charge in [-0.15, -0.1) is 0 Å². The van der Waals surface area contributed by atoms with Gasteiger partial charge < -0.3 is 4.74 Å². The Morgan fingerprint density at radius 2 is 1.96 bits per heavy atom. The molecule has 0 N–H and O–H groups in total. The zero-order valence-corrected chi connectivity index (χ0v) is 18.5. The first-order valence-electron chi connectivity index (χ1n) is 9.43. The second kappa shape index (κ2) is 8.14. The molecule has 3 rings (SSSR count). The third-order valence-electron chi connectivity index (χ3n) is 6.28. The van der Waals surface area contributed by atoms with Gasteiger partial charge in [-0.05, 0) is 49.1 Å². The first kappa shape index (κ1) is 20.1. The highest BCUT2D eigenvalue weighted by atomic mass is 79.9. The number of hydrogen-bond acceptors (Lipinski definition) is 3. The standard InChI is InChI=1S/C21H26Br2O3/c1-13(12-26-20(25)15-6-4-3-5-7-15)16-9-8-14(2)21(23)18(22)11-10-17(24)19(16)21/h3-7,13-14,16,18-19H,8-12H2,1-2H3/t13-,14+,16-,18+,19+,21-/m1/s1. The van der Waals surface area contributed by atoms with Crippen molar-refractivity contribution in [1.29, 1.82) is 0 Å². The van der Waals surface area contributed by atoms with Crippen molar-refractivity contribution in [3.05, 3.63) is 35.9 Å². The van der Waals surface area contributed by atoms with Gasteiger partial charge in [0.1, 0.15) is 5.78 Å². The van der Waals surface area contributed by atoms with Gasteiger partial charge in [-0.25, -0.2) is 4.79 Å². The molecular formula is C21H26Br2O3. The molecule has 0 unspecified atom stereocenters. The molecule has 0 aliphatic heterocycles. The molecule has 5 heteroatoms. The molecule has 0 heterocycles. The summed E-state index contributed by atoms with van der Waals surface area (Å²) in [6.07, 6.45) is 3.61. The van der Waals surface area contributed by atoms with Gasteiger partial charge in [0.2, 0.25) is 0 Å². The maximum absolute atomic E-state index is 12.8. The van der Waals surface area contributed by atoms with E-state index in [1.54, 1.807) is 12.1 Å². The fraction of sp³-hybridized carbons (Fsp3) is 0.619. The Morgan fingerprint density at radius 1 is 1.27 bits per heavy atom. The lowest BCUT2D eigenvalue weighted by atomic mass is 9.58. The maximum Gasteiger partial charge on any atom is 0.338 e. The smallest absolute Gasteiger partial charge is 0.338 e. The first-order valence-corrected chi connectivity index (χ1v) is 11.1. The van der Waals surface area contributed by atoms with Crippen molar-refractivity contribution in [1.82, 2.24) is 0 Å². The fourth-order valence-electron chi connectivity index (χ4n) is 4.70. The molecular weight excluding hydrogens is 460 g/mol. The van der Waals surface area contributed by atoms with Gasteiger partial charge in [-0.3, -0.25) is 4.79 Å². The summed E-state index contributed by atoms with van der Waals surface area (Å²) < 4.78 is 5.38. The second-order valence-electron chi connectivity index (χ2n) is 7.86. The van der Waals surface area contributed by atoms with E-state index in [9.17, 15) is 9.59 Å². The van der Waals surface area contributed by atoms with Gasteiger partial charge in [-0.1, -0.05) is 63.9 Å². The lowest BCUT2D eigenvalue weighted by molar-refractivity contribution is -0.131. The van der Waals surface area contributed by atoms with E-state index in [1.165, 1.54) is 0 Å². The molecule has 2 aliphatic rings. The number of rotatable bonds is 4. The van der Waals surface area contributed by atoms with Crippen LogP contribution in [-0.2, 0) is 9.53 Å². The van der Waals surface area contributed by atoms with E-state index in [0.717, 1.165) is 19.3 Å². The van der Waals surface area contributed by atoms with Crippen LogP contribution in [0.1, 0.15) is 49.9 Å². The maximum atomic E-state index is 12.8. The quantitative estimate of drug-likeness (QED) is 0.423. The van der Waals surface area contributed by atoms with E-state index in [2.05, 4.69) is 45.7 Å². The van der Waals surface area contributed by atoms with Crippen LogP contribution in [0.5, 0.6) is 0 Å². The molecule has 0 aromatic heterocycles. The normalized spacial score (nSPS) is 35.5. The molecule has 0 amide bonds. The van der Waals surface area contributed by atoms with Crippen LogP contribution < -0.4 is 0 Å². The molecule has 0 spiro atoms. The van der Waals surface area contributed by atoms with Gasteiger partial charge in [0, 0.05) is 17.2 Å². The van der Waals surface area contributed by atoms with E-state index in [0.29, 0.717) is 35.1 Å². The van der Waals surface area contributed by atoms with E-state index < -0.39 is 0 Å². The molecule has 2 aliphatic carbocycles. The van der Waals surface area contributed by atoms with Crippen LogP contribution in [0.2, 0.25) is 0 Å². The SMILES string of the molecule is C[C@H](COC(=O)c1ccccc1)[C@H]1CC[C@H](C)[C@]2(Br)[C@@H]1C(=O)CC[C@@H]2Br. The molecule has 1 aromatic carbocycles. The van der Waals surface area contributed by atoms with Crippen molar-refractivity contribution in [2.75, 3.05) is 6.61 Å². The molecule has 2 saturated carbocycles. The lowest BCUT2D eigenvalue weighted by Gasteiger charge is -2.54. The number of alkyl halides is 2. The molecule has 2 fully saturated rings. The van der Waals surface area contributed by atoms with Crippen LogP contribution >= 0.6 is 31.9 Å². The Hall–Kier alpha value is -0.680. The Morgan fingerprint density at radius 3 is 2.65 bits per heavy atom. The summed E-state index contributed by atoms with van der Waals surface area (Å²) in [5, 5.41) is 0. The molecule has 142 valence electrons. The van der Waals surface area contributed by atoms with Crippen LogP contribution in [-0.4, -0.2) is 27.5 Å². The highest BCUT2D eigenvalue weighted by molar-refractivity contribution is 9.12. The van der Waals surface area contributed by atoms with E-state index in [4.69, 9.17) is 4.74 Å². The Labute approximate surface area is 172 Å². The third-order valence-corrected chi connectivity index (χ3v) is 9.94. The van der Waals surface area contributed by atoms with Crippen LogP contribution in [0, 0.1) is 23.7 Å². The number of benzene rings is 1. The minimum Gasteiger partial charge on any atom is -0.462 e. The van der Waals surface area contributed by atoms with Crippen molar-refractivity contribution in [3.63, 3.8) is 0 Å². The Balaban J connectivity index is 1.71. The lowest BCUT2D eigenvalue weighted by Crippen LogP contribution is -2.58. The molecule has 1 aromatic rings. The highest BCUT2D eigenvalue weighted by Crippen LogP contribution is 2.57. The predicted octanol–water partition coefficient (Wildman–Crippen LogP) is 5.40. The molecule has 0 bridgehead atoms. The largest absolute Gasteiger partial charge is 0.462 e. The Kier molecular flexibility index (Phi) is 6.28. The van der Waals surface area contributed by atoms with Gasteiger partial charge in [-0.2, -0.15) is 0 Å². The minimum absolute atomic E-state index is 0.0187. The predicted molar refractivity (Wildman–Crippen MR) is 110 cm³/mol. The summed E-state index contributed by atoms with van der Waals surface area (Å²) in [6, 6.07) is 9.07. The van der Waals surface area contributed by atoms with Crippen molar-refractivity contribution >= 4 is 43.6 Å². The van der Waals surface area contributed by atoms with Gasteiger partial charge in [0.05, 0.1) is 16.5 Å². The number of carbonyl (C=O) groups excluding carboxylic acids is 2. The van der Waals surface area contributed by atoms with Crippen LogP contribution in [0.4, 0.5) is 0 Å². The van der Waals surface area contributed by atoms with Crippen molar-refractivity contribution in [2.45, 2.75) is 48.7 Å². The average Bonchev–Trinajstić information content (AvgIpc) is 2.65. The number of hydrogen-bond donors (Lipinski definition) is 0. The molecule has 0 radical (unpaired) electrons. The summed E-state index contributed by atoms with van der Waals surface area (Å²) in [7, 11) is 0. The number of halogens is 2. The van der Waals surface area contributed by atoms with Crippen LogP contribution in [0.3, 0.4) is 0 Å². The number of ether oxygens (including phenoxy) is 1. The monoisotopic (exact) mass is 484 g/mol. The molecule has 3 nitrogen and oxygen atoms in total. The van der Waals surface area contributed by atoms with Crippen molar-refractivity contribution in [3.8, 4) is 0 Å². The zero-order chi connectivity index (χ0) is 18.9. The van der Waals surface area contributed by atoms with Crippen molar-refractivity contribution < 1.29 is 14.3 Å². The summed E-state index contributed by atoms with van der Waals surface area (Å²) in [4.78, 5) is 25.4. The summed E-state index contributed by atoms with van der Waals surface area (Å²) in [5.41, 5.74) is 0.570. The molecule has 0 saturated heterocycles. The zero-order valence-electron chi connectivity index (χ0n) is 15.3. The van der Waals surface area contributed by atoms with Crippen molar-refractivity contribution in [2.24, 2.45) is 23.7 Å². The van der Waals surface area contributed by atoms with E-state index >= 15 is 0 Å². The topological polar surface area (TPSA) is 43.4 Å². The molecule has 6 atom stereocenters. The van der Waals surface area contributed by atoms with Gasteiger partial charge in [0.25, 0.3) is 0 Å². The number of Topliss-reactive ketones (excluding diaryl/α,β-unsaturated/α-hetero) is 1. The first-order chi connectivity index (χ1) is 12.4.